The quantitative estimate of drug-likeness (QED) is 0.295. The average molecular weight is 495 g/mol. The molecule has 0 aliphatic heterocycles. The van der Waals surface area contributed by atoms with Gasteiger partial charge < -0.3 is 25.5 Å². The first kappa shape index (κ1) is 29.1. The Morgan fingerprint density at radius 1 is 1.06 bits per heavy atom. The second kappa shape index (κ2) is 9.69. The van der Waals surface area contributed by atoms with E-state index in [1.807, 2.05) is 0 Å². The van der Waals surface area contributed by atoms with Gasteiger partial charge in [0.2, 0.25) is 0 Å². The van der Waals surface area contributed by atoms with E-state index in [1.54, 1.807) is 13.8 Å². The summed E-state index contributed by atoms with van der Waals surface area (Å²) in [5, 5.41) is 53.0. The molecule has 0 aromatic carbocycles. The van der Waals surface area contributed by atoms with Gasteiger partial charge >= 0.3 is 0 Å². The van der Waals surface area contributed by atoms with Crippen molar-refractivity contribution in [3.63, 3.8) is 0 Å². The van der Waals surface area contributed by atoms with Crippen LogP contribution in [0.3, 0.4) is 0 Å². The number of rotatable bonds is 9. The standard InChI is InChI=1S/C30H54O5/c1-19(15-20(33)17-27(4,5)35)21-9-11-29(7)22(21)16-23(34)25-28(6,13-14-31)24(26(2,3)18-32)10-12-30(25,29)8/h19-20,23-25,31-35H,9-18H2,1-8H3/t19-,20+,23+,24?,25+,28+,29+,30+/m1/s1. The van der Waals surface area contributed by atoms with Crippen LogP contribution >= 0.6 is 0 Å². The molecule has 0 aromatic rings. The van der Waals surface area contributed by atoms with Gasteiger partial charge in [0.05, 0.1) is 17.8 Å². The van der Waals surface area contributed by atoms with Crippen molar-refractivity contribution in [1.82, 2.24) is 0 Å². The zero-order chi connectivity index (χ0) is 26.6. The monoisotopic (exact) mass is 494 g/mol. The van der Waals surface area contributed by atoms with Crippen LogP contribution in [-0.2, 0) is 0 Å². The number of allylic oxidation sites excluding steroid dienone is 1. The van der Waals surface area contributed by atoms with Crippen LogP contribution in [0.5, 0.6) is 0 Å². The lowest BCUT2D eigenvalue weighted by Crippen LogP contribution is -2.64. The van der Waals surface area contributed by atoms with Crippen molar-refractivity contribution >= 4 is 0 Å². The maximum Gasteiger partial charge on any atom is 0.0616 e. The third-order valence-corrected chi connectivity index (χ3v) is 11.1. The lowest BCUT2D eigenvalue weighted by atomic mass is 9.37. The lowest BCUT2D eigenvalue weighted by Gasteiger charge is -2.67. The van der Waals surface area contributed by atoms with Crippen LogP contribution in [0.15, 0.2) is 11.1 Å². The topological polar surface area (TPSA) is 101 Å². The molecule has 0 spiro atoms. The van der Waals surface area contributed by atoms with Gasteiger partial charge in [-0.1, -0.05) is 52.7 Å². The third-order valence-electron chi connectivity index (χ3n) is 11.1. The maximum atomic E-state index is 11.8. The van der Waals surface area contributed by atoms with Crippen molar-refractivity contribution in [2.75, 3.05) is 13.2 Å². The van der Waals surface area contributed by atoms with Gasteiger partial charge in [0.1, 0.15) is 0 Å². The summed E-state index contributed by atoms with van der Waals surface area (Å²) < 4.78 is 0. The fourth-order valence-corrected chi connectivity index (χ4v) is 9.43. The largest absolute Gasteiger partial charge is 0.396 e. The summed E-state index contributed by atoms with van der Waals surface area (Å²) in [6, 6.07) is 0. The molecule has 2 fully saturated rings. The molecule has 204 valence electrons. The average Bonchev–Trinajstić information content (AvgIpc) is 3.04. The number of aliphatic hydroxyl groups is 5. The molecule has 0 radical (unpaired) electrons. The van der Waals surface area contributed by atoms with Crippen molar-refractivity contribution in [1.29, 1.82) is 0 Å². The van der Waals surface area contributed by atoms with Crippen molar-refractivity contribution in [2.24, 2.45) is 39.4 Å². The van der Waals surface area contributed by atoms with Crippen LogP contribution in [-0.4, -0.2) is 56.6 Å². The van der Waals surface area contributed by atoms with Crippen molar-refractivity contribution < 1.29 is 25.5 Å². The summed E-state index contributed by atoms with van der Waals surface area (Å²) in [6.45, 7) is 17.2. The van der Waals surface area contributed by atoms with Crippen LogP contribution < -0.4 is 0 Å². The van der Waals surface area contributed by atoms with Crippen LogP contribution in [0.25, 0.3) is 0 Å². The van der Waals surface area contributed by atoms with E-state index in [-0.39, 0.29) is 52.6 Å². The summed E-state index contributed by atoms with van der Waals surface area (Å²) in [5.74, 6) is 0.492. The Bertz CT molecular complexity index is 797. The molecule has 3 aliphatic carbocycles. The number of hydrogen-bond donors (Lipinski definition) is 5. The van der Waals surface area contributed by atoms with Gasteiger partial charge in [-0.15, -0.1) is 0 Å². The first-order chi connectivity index (χ1) is 16.0. The van der Waals surface area contributed by atoms with Crippen LogP contribution in [0.1, 0.15) is 107 Å². The predicted molar refractivity (Wildman–Crippen MR) is 141 cm³/mol. The zero-order valence-electron chi connectivity index (χ0n) is 23.7. The fraction of sp³-hybridized carbons (Fsp3) is 0.933. The first-order valence-electron chi connectivity index (χ1n) is 14.0. The molecule has 0 amide bonds. The van der Waals surface area contributed by atoms with Gasteiger partial charge in [-0.05, 0) is 98.2 Å². The molecule has 3 rings (SSSR count). The first-order valence-corrected chi connectivity index (χ1v) is 14.0. The molecule has 2 saturated carbocycles. The second-order valence-corrected chi connectivity index (χ2v) is 14.5. The van der Waals surface area contributed by atoms with Crippen LogP contribution in [0.2, 0.25) is 0 Å². The maximum absolute atomic E-state index is 11.8. The highest BCUT2D eigenvalue weighted by Crippen LogP contribution is 2.73. The van der Waals surface area contributed by atoms with E-state index in [0.29, 0.717) is 25.7 Å². The van der Waals surface area contributed by atoms with Crippen LogP contribution in [0.4, 0.5) is 0 Å². The Morgan fingerprint density at radius 3 is 2.23 bits per heavy atom. The number of aliphatic hydroxyl groups excluding tert-OH is 4. The molecule has 0 saturated heterocycles. The Morgan fingerprint density at radius 2 is 1.69 bits per heavy atom. The summed E-state index contributed by atoms with van der Waals surface area (Å²) in [7, 11) is 0. The molecule has 1 unspecified atom stereocenters. The molecule has 5 N–H and O–H groups in total. The molecule has 35 heavy (non-hydrogen) atoms. The van der Waals surface area contributed by atoms with Crippen molar-refractivity contribution in [2.45, 2.75) is 125 Å². The Hall–Kier alpha value is -0.460. The minimum Gasteiger partial charge on any atom is -0.396 e. The van der Waals surface area contributed by atoms with Crippen molar-refractivity contribution in [3.05, 3.63) is 11.1 Å². The van der Waals surface area contributed by atoms with E-state index in [9.17, 15) is 25.5 Å². The van der Waals surface area contributed by atoms with E-state index in [0.717, 1.165) is 25.7 Å². The fourth-order valence-electron chi connectivity index (χ4n) is 9.43. The van der Waals surface area contributed by atoms with Gasteiger partial charge in [-0.2, -0.15) is 0 Å². The lowest BCUT2D eigenvalue weighted by molar-refractivity contribution is -0.203. The highest BCUT2D eigenvalue weighted by atomic mass is 16.3. The predicted octanol–water partition coefficient (Wildman–Crippen LogP) is 4.84. The molecular formula is C30H54O5. The minimum atomic E-state index is -0.888. The summed E-state index contributed by atoms with van der Waals surface area (Å²) >= 11 is 0. The summed E-state index contributed by atoms with van der Waals surface area (Å²) in [4.78, 5) is 0. The molecule has 5 heteroatoms. The molecule has 8 atom stereocenters. The molecule has 0 heterocycles. The van der Waals surface area contributed by atoms with E-state index >= 15 is 0 Å². The van der Waals surface area contributed by atoms with Gasteiger partial charge in [-0.25, -0.2) is 0 Å². The Kier molecular flexibility index (Phi) is 8.06. The van der Waals surface area contributed by atoms with E-state index in [4.69, 9.17) is 0 Å². The van der Waals surface area contributed by atoms with E-state index in [2.05, 4.69) is 41.5 Å². The molecule has 5 nitrogen and oxygen atoms in total. The molecular weight excluding hydrogens is 440 g/mol. The normalized spacial score (nSPS) is 39.9. The number of fused-ring (bicyclic) bond motifs is 3. The van der Waals surface area contributed by atoms with Gasteiger partial charge in [-0.3, -0.25) is 0 Å². The van der Waals surface area contributed by atoms with E-state index < -0.39 is 17.8 Å². The third kappa shape index (κ3) is 4.90. The summed E-state index contributed by atoms with van der Waals surface area (Å²) in [5.41, 5.74) is 1.26. The van der Waals surface area contributed by atoms with Crippen LogP contribution in [0, 0.1) is 39.4 Å². The summed E-state index contributed by atoms with van der Waals surface area (Å²) in [6.07, 6.45) is 5.31. The SMILES string of the molecule is C[C@H](C[C@H](O)CC(C)(C)O)C1=C2C[C@H](O)[C@H]3[C@@](C)(CCO)C(C(C)(C)CO)CC[C@]3(C)[C@@]2(C)CC1. The van der Waals surface area contributed by atoms with E-state index in [1.165, 1.54) is 11.1 Å². The Labute approximate surface area is 214 Å². The Balaban J connectivity index is 1.99. The highest BCUT2D eigenvalue weighted by molar-refractivity contribution is 5.37. The van der Waals surface area contributed by atoms with Gasteiger partial charge in [0.25, 0.3) is 0 Å². The molecule has 0 aromatic heterocycles. The number of hydrogen-bond acceptors (Lipinski definition) is 5. The second-order valence-electron chi connectivity index (χ2n) is 14.5. The van der Waals surface area contributed by atoms with Gasteiger partial charge in [0, 0.05) is 19.6 Å². The van der Waals surface area contributed by atoms with Gasteiger partial charge in [0.15, 0.2) is 0 Å². The highest BCUT2D eigenvalue weighted by Gasteiger charge is 2.67. The molecule has 3 aliphatic rings. The zero-order valence-corrected chi connectivity index (χ0v) is 23.7. The molecule has 0 bridgehead atoms. The minimum absolute atomic E-state index is 0.0211. The smallest absolute Gasteiger partial charge is 0.0616 e. The van der Waals surface area contributed by atoms with Crippen molar-refractivity contribution in [3.8, 4) is 0 Å².